The number of hydrogen-bond donors (Lipinski definition) is 0. The van der Waals surface area contributed by atoms with E-state index in [-0.39, 0.29) is 0 Å². The maximum Gasteiger partial charge on any atom is 0.141 e. The van der Waals surface area contributed by atoms with Crippen molar-refractivity contribution in [2.75, 3.05) is 4.90 Å². The Kier molecular flexibility index (Phi) is 1.46. The molecule has 0 aliphatic carbocycles. The van der Waals surface area contributed by atoms with Crippen LogP contribution >= 0.6 is 11.8 Å². The van der Waals surface area contributed by atoms with Crippen LogP contribution in [0.25, 0.3) is 6.08 Å². The van der Waals surface area contributed by atoms with Gasteiger partial charge in [0.25, 0.3) is 0 Å². The molecule has 2 aliphatic heterocycles. The van der Waals surface area contributed by atoms with Crippen LogP contribution in [0.1, 0.15) is 5.56 Å². The fourth-order valence-electron chi connectivity index (χ4n) is 1.60. The molecule has 3 heterocycles. The first kappa shape index (κ1) is 7.21. The van der Waals surface area contributed by atoms with Gasteiger partial charge in [-0.15, -0.1) is 11.8 Å². The van der Waals surface area contributed by atoms with Crippen molar-refractivity contribution in [3.05, 3.63) is 41.6 Å². The second kappa shape index (κ2) is 2.64. The zero-order chi connectivity index (χ0) is 8.67. The Morgan fingerprint density at radius 1 is 1.46 bits per heavy atom. The predicted molar refractivity (Wildman–Crippen MR) is 56.3 cm³/mol. The third kappa shape index (κ3) is 1.00. The minimum absolute atomic E-state index is 0.419. The highest BCUT2D eigenvalue weighted by Crippen LogP contribution is 2.36. The van der Waals surface area contributed by atoms with Crippen LogP contribution in [-0.2, 0) is 0 Å². The van der Waals surface area contributed by atoms with Gasteiger partial charge in [0.1, 0.15) is 11.2 Å². The molecule has 64 valence electrons. The van der Waals surface area contributed by atoms with Crippen LogP contribution in [0.2, 0.25) is 0 Å². The van der Waals surface area contributed by atoms with E-state index in [1.807, 2.05) is 24.0 Å². The molecule has 0 saturated heterocycles. The lowest BCUT2D eigenvalue weighted by Gasteiger charge is -2.26. The molecule has 1 aromatic rings. The number of pyridine rings is 1. The van der Waals surface area contributed by atoms with Crippen LogP contribution in [0.4, 0.5) is 5.82 Å². The van der Waals surface area contributed by atoms with Gasteiger partial charge in [-0.2, -0.15) is 0 Å². The number of anilines is 1. The summed E-state index contributed by atoms with van der Waals surface area (Å²) in [5.41, 5.74) is 1.20. The molecular formula is C10H8N2S. The minimum Gasteiger partial charge on any atom is -0.316 e. The van der Waals surface area contributed by atoms with E-state index in [0.717, 1.165) is 5.82 Å². The van der Waals surface area contributed by atoms with E-state index in [2.05, 4.69) is 39.7 Å². The zero-order valence-corrected chi connectivity index (χ0v) is 7.74. The molecule has 1 atom stereocenters. The zero-order valence-electron chi connectivity index (χ0n) is 6.92. The molecule has 3 rings (SSSR count). The Labute approximate surface area is 81.0 Å². The molecule has 1 aromatic heterocycles. The molecule has 0 amide bonds. The molecule has 1 unspecified atom stereocenters. The molecule has 2 nitrogen and oxygen atoms in total. The first-order valence-corrected chi connectivity index (χ1v) is 5.13. The standard InChI is InChI=1S/C10H8N2S/c1-2-8-3-4-9-12(6-7-13-9)10(8)11-5-1/h1-7,9H. The lowest BCUT2D eigenvalue weighted by molar-refractivity contribution is 0.994. The van der Waals surface area contributed by atoms with Crippen LogP contribution in [-0.4, -0.2) is 10.4 Å². The molecule has 0 saturated carbocycles. The highest BCUT2D eigenvalue weighted by atomic mass is 32.2. The molecule has 0 fully saturated rings. The van der Waals surface area contributed by atoms with Crippen LogP contribution < -0.4 is 4.90 Å². The van der Waals surface area contributed by atoms with Crippen molar-refractivity contribution in [1.29, 1.82) is 0 Å². The van der Waals surface area contributed by atoms with Crippen LogP contribution in [0.5, 0.6) is 0 Å². The topological polar surface area (TPSA) is 16.1 Å². The largest absolute Gasteiger partial charge is 0.316 e. The molecule has 0 radical (unpaired) electrons. The second-order valence-electron chi connectivity index (χ2n) is 2.99. The number of hydrogen-bond acceptors (Lipinski definition) is 3. The maximum atomic E-state index is 4.37. The highest BCUT2D eigenvalue weighted by molar-refractivity contribution is 8.03. The third-order valence-corrected chi connectivity index (χ3v) is 3.16. The number of nitrogens with zero attached hydrogens (tertiary/aromatic N) is 2. The smallest absolute Gasteiger partial charge is 0.141 e. The van der Waals surface area contributed by atoms with E-state index in [9.17, 15) is 0 Å². The third-order valence-electron chi connectivity index (χ3n) is 2.22. The van der Waals surface area contributed by atoms with Gasteiger partial charge in [0.05, 0.1) is 0 Å². The van der Waals surface area contributed by atoms with E-state index >= 15 is 0 Å². The van der Waals surface area contributed by atoms with Gasteiger partial charge < -0.3 is 4.90 Å². The Balaban J connectivity index is 2.17. The summed E-state index contributed by atoms with van der Waals surface area (Å²) < 4.78 is 0. The minimum atomic E-state index is 0.419. The maximum absolute atomic E-state index is 4.37. The summed E-state index contributed by atoms with van der Waals surface area (Å²) in [7, 11) is 0. The van der Waals surface area contributed by atoms with Gasteiger partial charge in [-0.25, -0.2) is 4.98 Å². The molecule has 2 aliphatic rings. The van der Waals surface area contributed by atoms with Crippen molar-refractivity contribution in [1.82, 2.24) is 4.98 Å². The molecule has 3 heteroatoms. The number of aromatic nitrogens is 1. The summed E-state index contributed by atoms with van der Waals surface area (Å²) in [4.78, 5) is 6.57. The van der Waals surface area contributed by atoms with Crippen molar-refractivity contribution >= 4 is 23.7 Å². The Bertz CT molecular complexity index is 398. The SMILES string of the molecule is C1=CN2c3ncccc3C=CC2S1. The van der Waals surface area contributed by atoms with Gasteiger partial charge in [-0.3, -0.25) is 0 Å². The second-order valence-corrected chi connectivity index (χ2v) is 4.02. The van der Waals surface area contributed by atoms with Gasteiger partial charge in [-0.1, -0.05) is 12.2 Å². The monoisotopic (exact) mass is 188 g/mol. The van der Waals surface area contributed by atoms with E-state index in [1.165, 1.54) is 5.56 Å². The lowest BCUT2D eigenvalue weighted by Crippen LogP contribution is -2.25. The Hall–Kier alpha value is -1.22. The Morgan fingerprint density at radius 2 is 2.46 bits per heavy atom. The molecule has 0 N–H and O–H groups in total. The van der Waals surface area contributed by atoms with Crippen LogP contribution in [0.3, 0.4) is 0 Å². The van der Waals surface area contributed by atoms with E-state index in [4.69, 9.17) is 0 Å². The summed E-state index contributed by atoms with van der Waals surface area (Å²) in [5.74, 6) is 1.07. The average molecular weight is 188 g/mol. The molecule has 0 spiro atoms. The summed E-state index contributed by atoms with van der Waals surface area (Å²) in [6.45, 7) is 0. The average Bonchev–Trinajstić information content (AvgIpc) is 2.65. The normalized spacial score (nSPS) is 23.1. The fourth-order valence-corrected chi connectivity index (χ4v) is 2.43. The molecule has 0 bridgehead atoms. The van der Waals surface area contributed by atoms with E-state index < -0.39 is 0 Å². The molecular weight excluding hydrogens is 180 g/mol. The van der Waals surface area contributed by atoms with Crippen molar-refractivity contribution < 1.29 is 0 Å². The van der Waals surface area contributed by atoms with Gasteiger partial charge >= 0.3 is 0 Å². The predicted octanol–water partition coefficient (Wildman–Crippen LogP) is 2.46. The lowest BCUT2D eigenvalue weighted by atomic mass is 10.2. The number of thioether (sulfide) groups is 1. The number of fused-ring (bicyclic) bond motifs is 3. The van der Waals surface area contributed by atoms with Crippen molar-refractivity contribution in [3.8, 4) is 0 Å². The van der Waals surface area contributed by atoms with Gasteiger partial charge in [0.2, 0.25) is 0 Å². The van der Waals surface area contributed by atoms with Gasteiger partial charge in [0, 0.05) is 18.0 Å². The van der Waals surface area contributed by atoms with Crippen LogP contribution in [0.15, 0.2) is 36.0 Å². The van der Waals surface area contributed by atoms with Gasteiger partial charge in [0.15, 0.2) is 0 Å². The van der Waals surface area contributed by atoms with Crippen molar-refractivity contribution in [2.45, 2.75) is 5.37 Å². The Morgan fingerprint density at radius 3 is 3.46 bits per heavy atom. The summed E-state index contributed by atoms with van der Waals surface area (Å²) >= 11 is 1.81. The first-order valence-electron chi connectivity index (χ1n) is 4.19. The quantitative estimate of drug-likeness (QED) is 0.622. The van der Waals surface area contributed by atoms with E-state index in [1.54, 1.807) is 0 Å². The number of rotatable bonds is 0. The van der Waals surface area contributed by atoms with Crippen molar-refractivity contribution in [3.63, 3.8) is 0 Å². The summed E-state index contributed by atoms with van der Waals surface area (Å²) in [5, 5.41) is 2.53. The van der Waals surface area contributed by atoms with E-state index in [0.29, 0.717) is 5.37 Å². The summed E-state index contributed by atoms with van der Waals surface area (Å²) in [6.07, 6.45) is 8.27. The molecule has 0 aromatic carbocycles. The summed E-state index contributed by atoms with van der Waals surface area (Å²) in [6, 6.07) is 4.06. The van der Waals surface area contributed by atoms with Gasteiger partial charge in [-0.05, 0) is 17.5 Å². The highest BCUT2D eigenvalue weighted by Gasteiger charge is 2.24. The first-order chi connectivity index (χ1) is 6.45. The molecule has 13 heavy (non-hydrogen) atoms. The van der Waals surface area contributed by atoms with Crippen molar-refractivity contribution in [2.24, 2.45) is 0 Å². The van der Waals surface area contributed by atoms with Crippen LogP contribution in [0, 0.1) is 0 Å². The fraction of sp³-hybridized carbons (Fsp3) is 0.100.